The van der Waals surface area contributed by atoms with Crippen LogP contribution in [0.15, 0.2) is 42.9 Å². The third kappa shape index (κ3) is 4.95. The lowest BCUT2D eigenvalue weighted by atomic mass is 9.87. The maximum absolute atomic E-state index is 13.7. The number of aromatic nitrogens is 3. The number of piperazine rings is 1. The lowest BCUT2D eigenvalue weighted by Crippen LogP contribution is -2.61. The highest BCUT2D eigenvalue weighted by Crippen LogP contribution is 2.34. The predicted molar refractivity (Wildman–Crippen MR) is 140 cm³/mol. The van der Waals surface area contributed by atoms with E-state index in [2.05, 4.69) is 32.0 Å². The van der Waals surface area contributed by atoms with Crippen LogP contribution in [-0.2, 0) is 0 Å². The summed E-state index contributed by atoms with van der Waals surface area (Å²) in [6, 6.07) is 7.45. The van der Waals surface area contributed by atoms with E-state index < -0.39 is 0 Å². The van der Waals surface area contributed by atoms with Crippen LogP contribution in [0.3, 0.4) is 0 Å². The molecule has 0 spiro atoms. The second-order valence-corrected chi connectivity index (χ2v) is 10.2. The number of rotatable bonds is 6. The van der Waals surface area contributed by atoms with Gasteiger partial charge in [0.05, 0.1) is 16.1 Å². The van der Waals surface area contributed by atoms with E-state index in [0.717, 1.165) is 56.5 Å². The van der Waals surface area contributed by atoms with Crippen molar-refractivity contribution in [1.29, 1.82) is 0 Å². The molecule has 0 atom stereocenters. The van der Waals surface area contributed by atoms with Crippen LogP contribution in [0.4, 0.5) is 0 Å². The van der Waals surface area contributed by atoms with Crippen LogP contribution < -0.4 is 5.32 Å². The van der Waals surface area contributed by atoms with Gasteiger partial charge in [0, 0.05) is 62.2 Å². The average molecular weight is 495 g/mol. The molecule has 2 aliphatic rings. The minimum atomic E-state index is -0.0893. The summed E-state index contributed by atoms with van der Waals surface area (Å²) >= 11 is 6.61. The van der Waals surface area contributed by atoms with Crippen LogP contribution in [-0.4, -0.2) is 75.0 Å². The van der Waals surface area contributed by atoms with Gasteiger partial charge in [-0.25, -0.2) is 9.97 Å². The zero-order valence-electron chi connectivity index (χ0n) is 20.5. The average Bonchev–Trinajstić information content (AvgIpc) is 3.14. The van der Waals surface area contributed by atoms with E-state index in [1.807, 2.05) is 29.0 Å². The van der Waals surface area contributed by atoms with Crippen LogP contribution in [0, 0.1) is 0 Å². The molecule has 7 nitrogen and oxygen atoms in total. The summed E-state index contributed by atoms with van der Waals surface area (Å²) in [4.78, 5) is 27.6. The Morgan fingerprint density at radius 1 is 1.03 bits per heavy atom. The topological polar surface area (TPSA) is 66.3 Å². The highest BCUT2D eigenvalue weighted by Gasteiger charge is 2.39. The van der Waals surface area contributed by atoms with Gasteiger partial charge in [-0.2, -0.15) is 0 Å². The minimum absolute atomic E-state index is 0.0245. The molecule has 1 saturated carbocycles. The van der Waals surface area contributed by atoms with Gasteiger partial charge in [-0.1, -0.05) is 50.3 Å². The van der Waals surface area contributed by atoms with Crippen molar-refractivity contribution in [1.82, 2.24) is 29.7 Å². The van der Waals surface area contributed by atoms with Crippen molar-refractivity contribution in [3.05, 3.63) is 53.4 Å². The highest BCUT2D eigenvalue weighted by molar-refractivity contribution is 6.37. The first kappa shape index (κ1) is 24.2. The molecule has 3 aromatic rings. The fourth-order valence-corrected chi connectivity index (χ4v) is 6.14. The van der Waals surface area contributed by atoms with Gasteiger partial charge in [0.15, 0.2) is 0 Å². The van der Waals surface area contributed by atoms with E-state index >= 15 is 0 Å². The van der Waals surface area contributed by atoms with Crippen molar-refractivity contribution in [2.75, 3.05) is 39.3 Å². The van der Waals surface area contributed by atoms with Crippen LogP contribution in [0.5, 0.6) is 0 Å². The van der Waals surface area contributed by atoms with E-state index in [1.54, 1.807) is 18.5 Å². The van der Waals surface area contributed by atoms with Gasteiger partial charge in [-0.3, -0.25) is 14.3 Å². The predicted octanol–water partition coefficient (Wildman–Crippen LogP) is 4.53. The monoisotopic (exact) mass is 494 g/mol. The molecule has 1 amide bonds. The first-order chi connectivity index (χ1) is 17.1. The van der Waals surface area contributed by atoms with Crippen LogP contribution in [0.1, 0.15) is 55.8 Å². The number of hydrogen-bond acceptors (Lipinski definition) is 5. The van der Waals surface area contributed by atoms with E-state index in [4.69, 9.17) is 11.6 Å². The van der Waals surface area contributed by atoms with Crippen molar-refractivity contribution < 1.29 is 4.79 Å². The first-order valence-corrected chi connectivity index (χ1v) is 13.3. The molecule has 1 N–H and O–H groups in total. The fraction of sp³-hybridized carbons (Fsp3) is 0.519. The van der Waals surface area contributed by atoms with E-state index in [9.17, 15) is 4.79 Å². The third-order valence-electron chi connectivity index (χ3n) is 7.89. The van der Waals surface area contributed by atoms with Gasteiger partial charge in [-0.05, 0) is 37.6 Å². The van der Waals surface area contributed by atoms with Gasteiger partial charge < -0.3 is 10.2 Å². The number of likely N-dealkylation sites (N-methyl/N-ethyl adjacent to an activating group) is 1. The zero-order valence-corrected chi connectivity index (χ0v) is 21.3. The molecular weight excluding hydrogens is 460 g/mol. The quantitative estimate of drug-likeness (QED) is 0.510. The summed E-state index contributed by atoms with van der Waals surface area (Å²) < 4.78 is 1.85. The Hall–Kier alpha value is -2.48. The van der Waals surface area contributed by atoms with Crippen molar-refractivity contribution >= 4 is 28.4 Å². The third-order valence-corrected chi connectivity index (χ3v) is 8.21. The molecule has 1 saturated heterocycles. The molecule has 0 bridgehead atoms. The number of hydrogen-bond donors (Lipinski definition) is 1. The maximum atomic E-state index is 13.7. The fourth-order valence-electron chi connectivity index (χ4n) is 5.87. The second-order valence-electron chi connectivity index (χ2n) is 9.84. The van der Waals surface area contributed by atoms with E-state index in [0.29, 0.717) is 23.1 Å². The van der Waals surface area contributed by atoms with Crippen molar-refractivity contribution in [3.63, 3.8) is 0 Å². The number of halogens is 1. The number of benzene rings is 1. The molecule has 5 rings (SSSR count). The molecule has 0 radical (unpaired) electrons. The van der Waals surface area contributed by atoms with Crippen molar-refractivity contribution in [3.8, 4) is 5.95 Å². The van der Waals surface area contributed by atoms with Gasteiger partial charge in [0.1, 0.15) is 0 Å². The zero-order chi connectivity index (χ0) is 24.3. The van der Waals surface area contributed by atoms with Gasteiger partial charge in [-0.15, -0.1) is 0 Å². The molecular formula is C27H35ClN6O. The number of nitrogens with zero attached hydrogens (tertiary/aromatic N) is 5. The number of carbonyl (C=O) groups is 1. The van der Waals surface area contributed by atoms with E-state index in [-0.39, 0.29) is 11.4 Å². The Morgan fingerprint density at radius 2 is 1.74 bits per heavy atom. The van der Waals surface area contributed by atoms with Crippen LogP contribution in [0.25, 0.3) is 16.9 Å². The lowest BCUT2D eigenvalue weighted by molar-refractivity contribution is 0.0223. The van der Waals surface area contributed by atoms with E-state index in [1.165, 1.54) is 25.7 Å². The Labute approximate surface area is 212 Å². The van der Waals surface area contributed by atoms with Crippen LogP contribution in [0.2, 0.25) is 5.02 Å². The standard InChI is InChI=1S/C27H35ClN6O/c1-2-32-15-17-33(18-16-32)27(11-5-3-4-6-12-27)20-31-25(35)21-19-34(26-29-13-8-14-30-26)23-10-7-9-22(28)24(21)23/h7-10,13-14,19H,2-6,11-12,15-18,20H2,1H3,(H,31,35). The smallest absolute Gasteiger partial charge is 0.253 e. The summed E-state index contributed by atoms with van der Waals surface area (Å²) in [7, 11) is 0. The van der Waals surface area contributed by atoms with Gasteiger partial charge >= 0.3 is 0 Å². The molecule has 1 aromatic carbocycles. The van der Waals surface area contributed by atoms with Gasteiger partial charge in [0.25, 0.3) is 5.91 Å². The molecule has 3 heterocycles. The summed E-state index contributed by atoms with van der Waals surface area (Å²) in [5.41, 5.74) is 1.42. The Bertz CT molecular complexity index is 1150. The Balaban J connectivity index is 1.42. The first-order valence-electron chi connectivity index (χ1n) is 12.9. The Morgan fingerprint density at radius 3 is 2.43 bits per heavy atom. The van der Waals surface area contributed by atoms with Gasteiger partial charge in [0.2, 0.25) is 5.95 Å². The molecule has 35 heavy (non-hydrogen) atoms. The Kier molecular flexibility index (Phi) is 7.37. The van der Waals surface area contributed by atoms with Crippen molar-refractivity contribution in [2.24, 2.45) is 0 Å². The summed E-state index contributed by atoms with van der Waals surface area (Å²) in [5, 5.41) is 4.64. The summed E-state index contributed by atoms with van der Waals surface area (Å²) in [6.07, 6.45) is 12.5. The summed E-state index contributed by atoms with van der Waals surface area (Å²) in [5.74, 6) is 0.432. The second kappa shape index (κ2) is 10.6. The van der Waals surface area contributed by atoms with Crippen molar-refractivity contribution in [2.45, 2.75) is 51.0 Å². The molecule has 186 valence electrons. The molecule has 1 aliphatic heterocycles. The van der Waals surface area contributed by atoms with Crippen LogP contribution >= 0.6 is 11.6 Å². The summed E-state index contributed by atoms with van der Waals surface area (Å²) in [6.45, 7) is 8.35. The maximum Gasteiger partial charge on any atom is 0.253 e. The largest absolute Gasteiger partial charge is 0.350 e. The molecule has 2 fully saturated rings. The SMILES string of the molecule is CCN1CCN(C2(CNC(=O)c3cn(-c4ncccn4)c4cccc(Cl)c34)CCCCCC2)CC1. The minimum Gasteiger partial charge on any atom is -0.350 e. The molecule has 0 unspecified atom stereocenters. The highest BCUT2D eigenvalue weighted by atomic mass is 35.5. The molecule has 8 heteroatoms. The number of amides is 1. The molecule has 2 aromatic heterocycles. The lowest BCUT2D eigenvalue weighted by Gasteiger charge is -2.48. The number of carbonyl (C=O) groups excluding carboxylic acids is 1. The normalized spacial score (nSPS) is 19.5. The number of nitrogens with one attached hydrogen (secondary N) is 1. The molecule has 1 aliphatic carbocycles. The number of fused-ring (bicyclic) bond motifs is 1.